The lowest BCUT2D eigenvalue weighted by atomic mass is 9.95. The van der Waals surface area contributed by atoms with Gasteiger partial charge in [0.15, 0.2) is 12.2 Å². The van der Waals surface area contributed by atoms with E-state index in [0.29, 0.717) is 27.7 Å². The van der Waals surface area contributed by atoms with E-state index >= 15 is 0 Å². The zero-order valence-corrected chi connectivity index (χ0v) is 18.4. The SMILES string of the molecule is CC(C)C(OC(=O)/C=C/C(=O)OC(C(C)C)C(F)(F)C(F)(F)C(F)(F)F)C(F)(F)C(F)(F)C(F)(F)F. The second-order valence-electron chi connectivity index (χ2n) is 7.93. The summed E-state index contributed by atoms with van der Waals surface area (Å²) in [4.78, 5) is 23.2. The average Bonchev–Trinajstić information content (AvgIpc) is 2.65. The van der Waals surface area contributed by atoms with Crippen molar-refractivity contribution >= 4 is 11.9 Å². The first-order chi connectivity index (χ1) is 15.7. The Morgan fingerprint density at radius 1 is 0.528 bits per heavy atom. The Morgan fingerprint density at radius 2 is 0.750 bits per heavy atom. The van der Waals surface area contributed by atoms with Crippen LogP contribution in [-0.2, 0) is 19.1 Å². The molecule has 0 saturated heterocycles. The molecule has 0 aromatic rings. The summed E-state index contributed by atoms with van der Waals surface area (Å²) < 4.78 is 190. The number of halogens is 14. The van der Waals surface area contributed by atoms with E-state index in [1.165, 1.54) is 0 Å². The standard InChI is InChI=1S/C18H18F14O4/c1-7(2)11(13(19,20)15(23,24)17(27,28)29)35-9(33)5-6-10(34)36-12(8(3)4)14(21,22)16(25,26)18(30,31)32/h5-8,11-12H,1-4H3/b6-5+. The molecule has 0 aliphatic heterocycles. The molecule has 18 heteroatoms. The van der Waals surface area contributed by atoms with E-state index < -0.39 is 72.0 Å². The third-order valence-electron chi connectivity index (χ3n) is 4.32. The van der Waals surface area contributed by atoms with Gasteiger partial charge in [-0.2, -0.15) is 61.5 Å². The molecular formula is C18H18F14O4. The number of esters is 2. The van der Waals surface area contributed by atoms with Crippen molar-refractivity contribution in [2.24, 2.45) is 11.8 Å². The smallest absolute Gasteiger partial charge is 0.452 e. The molecule has 4 nitrogen and oxygen atoms in total. The van der Waals surface area contributed by atoms with Crippen molar-refractivity contribution in [1.82, 2.24) is 0 Å². The van der Waals surface area contributed by atoms with Gasteiger partial charge in [-0.1, -0.05) is 27.7 Å². The Labute approximate surface area is 193 Å². The summed E-state index contributed by atoms with van der Waals surface area (Å²) in [6.45, 7) is 2.58. The monoisotopic (exact) mass is 564 g/mol. The number of rotatable bonds is 10. The van der Waals surface area contributed by atoms with Gasteiger partial charge in [-0.05, 0) is 11.8 Å². The molecular weight excluding hydrogens is 546 g/mol. The normalized spacial score (nSPS) is 16.4. The fraction of sp³-hybridized carbons (Fsp3) is 0.778. The number of hydrogen-bond donors (Lipinski definition) is 0. The van der Waals surface area contributed by atoms with Gasteiger partial charge >= 0.3 is 48.0 Å². The van der Waals surface area contributed by atoms with E-state index in [4.69, 9.17) is 0 Å². The van der Waals surface area contributed by atoms with Crippen molar-refractivity contribution in [2.45, 2.75) is 75.9 Å². The van der Waals surface area contributed by atoms with E-state index in [2.05, 4.69) is 9.47 Å². The molecule has 2 atom stereocenters. The van der Waals surface area contributed by atoms with Gasteiger partial charge in [-0.15, -0.1) is 0 Å². The van der Waals surface area contributed by atoms with Crippen LogP contribution in [-0.4, -0.2) is 60.2 Å². The molecule has 0 aliphatic rings. The highest BCUT2D eigenvalue weighted by molar-refractivity contribution is 5.91. The minimum atomic E-state index is -6.79. The molecule has 0 spiro atoms. The van der Waals surface area contributed by atoms with Gasteiger partial charge in [-0.25, -0.2) is 9.59 Å². The Balaban J connectivity index is 5.79. The van der Waals surface area contributed by atoms with Crippen LogP contribution in [0.4, 0.5) is 61.5 Å². The third-order valence-corrected chi connectivity index (χ3v) is 4.32. The van der Waals surface area contributed by atoms with Crippen LogP contribution in [0, 0.1) is 11.8 Å². The van der Waals surface area contributed by atoms with Gasteiger partial charge < -0.3 is 9.47 Å². The highest BCUT2D eigenvalue weighted by Crippen LogP contribution is 2.51. The van der Waals surface area contributed by atoms with Gasteiger partial charge in [0.1, 0.15) is 0 Å². The van der Waals surface area contributed by atoms with Crippen molar-refractivity contribution in [1.29, 1.82) is 0 Å². The van der Waals surface area contributed by atoms with Crippen LogP contribution in [0.2, 0.25) is 0 Å². The van der Waals surface area contributed by atoms with E-state index in [1.807, 2.05) is 0 Å². The Bertz CT molecular complexity index is 746. The molecule has 0 heterocycles. The van der Waals surface area contributed by atoms with E-state index in [-0.39, 0.29) is 12.2 Å². The lowest BCUT2D eigenvalue weighted by Crippen LogP contribution is -2.60. The van der Waals surface area contributed by atoms with Gasteiger partial charge in [0.2, 0.25) is 0 Å². The zero-order valence-electron chi connectivity index (χ0n) is 18.4. The minimum Gasteiger partial charge on any atom is -0.452 e. The van der Waals surface area contributed by atoms with Crippen molar-refractivity contribution < 1.29 is 80.5 Å². The summed E-state index contributed by atoms with van der Waals surface area (Å²) in [6.07, 6.45) is -21.1. The van der Waals surface area contributed by atoms with Gasteiger partial charge in [0.25, 0.3) is 0 Å². The van der Waals surface area contributed by atoms with Crippen molar-refractivity contribution in [2.75, 3.05) is 0 Å². The van der Waals surface area contributed by atoms with Crippen LogP contribution in [0.15, 0.2) is 12.2 Å². The largest absolute Gasteiger partial charge is 0.460 e. The van der Waals surface area contributed by atoms with E-state index in [0.717, 1.165) is 0 Å². The quantitative estimate of drug-likeness (QED) is 0.177. The van der Waals surface area contributed by atoms with Crippen LogP contribution in [0.3, 0.4) is 0 Å². The zero-order chi connectivity index (χ0) is 29.3. The summed E-state index contributed by atoms with van der Waals surface area (Å²) in [5.74, 6) is -33.7. The fourth-order valence-electron chi connectivity index (χ4n) is 2.46. The second kappa shape index (κ2) is 10.6. The summed E-state index contributed by atoms with van der Waals surface area (Å²) in [6, 6.07) is 0. The lowest BCUT2D eigenvalue weighted by Gasteiger charge is -2.35. The Hall–Kier alpha value is -2.30. The second-order valence-corrected chi connectivity index (χ2v) is 7.93. The first kappa shape index (κ1) is 33.7. The minimum absolute atomic E-state index is 0.295. The molecule has 0 radical (unpaired) electrons. The first-order valence-corrected chi connectivity index (χ1v) is 9.40. The van der Waals surface area contributed by atoms with Crippen LogP contribution in [0.25, 0.3) is 0 Å². The highest BCUT2D eigenvalue weighted by atomic mass is 19.4. The maximum atomic E-state index is 13.9. The summed E-state index contributed by atoms with van der Waals surface area (Å²) in [7, 11) is 0. The molecule has 0 N–H and O–H groups in total. The highest BCUT2D eigenvalue weighted by Gasteiger charge is 2.77. The number of carbonyl (C=O) groups excluding carboxylic acids is 2. The topological polar surface area (TPSA) is 52.6 Å². The maximum Gasteiger partial charge on any atom is 0.460 e. The summed E-state index contributed by atoms with van der Waals surface area (Å²) in [5.41, 5.74) is 0. The summed E-state index contributed by atoms with van der Waals surface area (Å²) in [5, 5.41) is 0. The molecule has 2 unspecified atom stereocenters. The molecule has 0 rings (SSSR count). The van der Waals surface area contributed by atoms with Gasteiger partial charge in [-0.3, -0.25) is 0 Å². The molecule has 0 fully saturated rings. The lowest BCUT2D eigenvalue weighted by molar-refractivity contribution is -0.374. The number of alkyl halides is 14. The molecule has 0 aromatic carbocycles. The van der Waals surface area contributed by atoms with Crippen LogP contribution < -0.4 is 0 Å². The van der Waals surface area contributed by atoms with Crippen LogP contribution in [0.1, 0.15) is 27.7 Å². The maximum absolute atomic E-state index is 13.9. The van der Waals surface area contributed by atoms with E-state index in [1.54, 1.807) is 0 Å². The predicted octanol–water partition coefficient (Wildman–Crippen LogP) is 6.34. The third kappa shape index (κ3) is 6.72. The molecule has 212 valence electrons. The number of hydrogen-bond acceptors (Lipinski definition) is 4. The number of ether oxygens (including phenoxy) is 2. The predicted molar refractivity (Wildman–Crippen MR) is 90.5 cm³/mol. The molecule has 36 heavy (non-hydrogen) atoms. The molecule has 0 aliphatic carbocycles. The molecule has 0 aromatic heterocycles. The Morgan fingerprint density at radius 3 is 0.917 bits per heavy atom. The van der Waals surface area contributed by atoms with E-state index in [9.17, 15) is 71.1 Å². The Kier molecular flexibility index (Phi) is 9.91. The molecule has 0 bridgehead atoms. The number of carbonyl (C=O) groups is 2. The van der Waals surface area contributed by atoms with Crippen LogP contribution in [0.5, 0.6) is 0 Å². The molecule has 0 amide bonds. The first-order valence-electron chi connectivity index (χ1n) is 9.40. The van der Waals surface area contributed by atoms with Crippen molar-refractivity contribution in [3.63, 3.8) is 0 Å². The van der Waals surface area contributed by atoms with Gasteiger partial charge in [0.05, 0.1) is 0 Å². The van der Waals surface area contributed by atoms with Crippen molar-refractivity contribution in [3.05, 3.63) is 12.2 Å². The molecule has 0 saturated carbocycles. The fourth-order valence-corrected chi connectivity index (χ4v) is 2.46. The van der Waals surface area contributed by atoms with Gasteiger partial charge in [0, 0.05) is 12.2 Å². The summed E-state index contributed by atoms with van der Waals surface area (Å²) >= 11 is 0. The average molecular weight is 564 g/mol. The van der Waals surface area contributed by atoms with Crippen molar-refractivity contribution in [3.8, 4) is 0 Å². The van der Waals surface area contributed by atoms with Crippen LogP contribution >= 0.6 is 0 Å².